The Morgan fingerprint density at radius 2 is 1.75 bits per heavy atom. The normalized spacial score (nSPS) is 42.3. The zero-order valence-electron chi connectivity index (χ0n) is 12.1. The van der Waals surface area contributed by atoms with Crippen LogP contribution >= 0.6 is 11.3 Å². The van der Waals surface area contributed by atoms with Crippen molar-refractivity contribution in [2.75, 3.05) is 0 Å². The van der Waals surface area contributed by atoms with Crippen LogP contribution in [0.5, 0.6) is 0 Å². The number of aromatic nitrogens is 1. The van der Waals surface area contributed by atoms with Crippen molar-refractivity contribution in [1.29, 1.82) is 0 Å². The molecule has 0 aromatic carbocycles. The average molecular weight is 288 g/mol. The van der Waals surface area contributed by atoms with Crippen LogP contribution in [0, 0.1) is 17.8 Å². The Bertz CT molecular complexity index is 482. The minimum Gasteiger partial charge on any atom is -0.308 e. The molecular weight excluding hydrogens is 264 g/mol. The van der Waals surface area contributed by atoms with Crippen molar-refractivity contribution >= 4 is 11.3 Å². The molecule has 2 nitrogen and oxygen atoms in total. The first-order valence-corrected chi connectivity index (χ1v) is 9.35. The number of nitrogens with zero attached hydrogens (tertiary/aromatic N) is 1. The van der Waals surface area contributed by atoms with E-state index >= 15 is 0 Å². The molecule has 0 aliphatic heterocycles. The first-order chi connectivity index (χ1) is 9.79. The molecule has 0 spiro atoms. The van der Waals surface area contributed by atoms with Crippen LogP contribution in [-0.4, -0.2) is 11.0 Å². The van der Waals surface area contributed by atoms with Gasteiger partial charge in [0.15, 0.2) is 0 Å². The van der Waals surface area contributed by atoms with Gasteiger partial charge in [-0.2, -0.15) is 0 Å². The van der Waals surface area contributed by atoms with E-state index in [4.69, 9.17) is 4.98 Å². The van der Waals surface area contributed by atoms with Crippen LogP contribution in [0.15, 0.2) is 5.38 Å². The fourth-order valence-corrected chi connectivity index (χ4v) is 6.59. The molecular formula is C17H24N2S. The molecule has 20 heavy (non-hydrogen) atoms. The van der Waals surface area contributed by atoms with Crippen molar-refractivity contribution in [1.82, 2.24) is 10.3 Å². The molecule has 0 radical (unpaired) electrons. The van der Waals surface area contributed by atoms with E-state index in [2.05, 4.69) is 10.7 Å². The highest BCUT2D eigenvalue weighted by molar-refractivity contribution is 7.09. The van der Waals surface area contributed by atoms with Crippen LogP contribution in [0.3, 0.4) is 0 Å². The SMILES string of the molecule is c1sc(C23CC4CC(CC(C4)C2)C3)nc1CNC1CC1. The Balaban J connectivity index is 1.38. The van der Waals surface area contributed by atoms with Gasteiger partial charge in [0.25, 0.3) is 0 Å². The molecule has 1 N–H and O–H groups in total. The largest absolute Gasteiger partial charge is 0.308 e. The van der Waals surface area contributed by atoms with E-state index in [1.807, 2.05) is 11.3 Å². The topological polar surface area (TPSA) is 24.9 Å². The van der Waals surface area contributed by atoms with Gasteiger partial charge in [0.2, 0.25) is 0 Å². The molecule has 1 aromatic heterocycles. The zero-order chi connectivity index (χ0) is 13.2. The lowest BCUT2D eigenvalue weighted by atomic mass is 9.50. The van der Waals surface area contributed by atoms with Crippen molar-refractivity contribution in [2.24, 2.45) is 17.8 Å². The second kappa shape index (κ2) is 4.30. The Kier molecular flexibility index (Phi) is 2.61. The molecule has 1 aromatic rings. The third kappa shape index (κ3) is 1.97. The van der Waals surface area contributed by atoms with Crippen LogP contribution in [0.2, 0.25) is 0 Å². The Morgan fingerprint density at radius 1 is 1.10 bits per heavy atom. The van der Waals surface area contributed by atoms with Crippen molar-refractivity contribution in [3.63, 3.8) is 0 Å². The molecule has 5 fully saturated rings. The van der Waals surface area contributed by atoms with E-state index in [9.17, 15) is 0 Å². The second-order valence-electron chi connectivity index (χ2n) is 8.00. The predicted molar refractivity (Wildman–Crippen MR) is 81.8 cm³/mol. The summed E-state index contributed by atoms with van der Waals surface area (Å²) in [6, 6.07) is 0.791. The Morgan fingerprint density at radius 3 is 2.35 bits per heavy atom. The lowest BCUT2D eigenvalue weighted by molar-refractivity contribution is -0.00533. The fourth-order valence-electron chi connectivity index (χ4n) is 5.54. The maximum Gasteiger partial charge on any atom is 0.0991 e. The van der Waals surface area contributed by atoms with Crippen LogP contribution in [0.25, 0.3) is 0 Å². The highest BCUT2D eigenvalue weighted by atomic mass is 32.1. The van der Waals surface area contributed by atoms with Gasteiger partial charge >= 0.3 is 0 Å². The first-order valence-electron chi connectivity index (χ1n) is 8.47. The predicted octanol–water partition coefficient (Wildman–Crippen LogP) is 3.86. The van der Waals surface area contributed by atoms with E-state index in [1.165, 1.54) is 62.1 Å². The smallest absolute Gasteiger partial charge is 0.0991 e. The van der Waals surface area contributed by atoms with Gasteiger partial charge in [-0.3, -0.25) is 0 Å². The lowest BCUT2D eigenvalue weighted by Crippen LogP contribution is -2.48. The zero-order valence-corrected chi connectivity index (χ0v) is 12.9. The van der Waals surface area contributed by atoms with Crippen molar-refractivity contribution < 1.29 is 0 Å². The van der Waals surface area contributed by atoms with E-state index in [0.29, 0.717) is 5.41 Å². The summed E-state index contributed by atoms with van der Waals surface area (Å²) in [5.41, 5.74) is 1.80. The van der Waals surface area contributed by atoms with Crippen LogP contribution < -0.4 is 5.32 Å². The van der Waals surface area contributed by atoms with Crippen LogP contribution in [0.1, 0.15) is 62.1 Å². The van der Waals surface area contributed by atoms with E-state index < -0.39 is 0 Å². The minimum absolute atomic E-state index is 0.497. The summed E-state index contributed by atoms with van der Waals surface area (Å²) >= 11 is 1.96. The molecule has 0 atom stereocenters. The molecule has 0 unspecified atom stereocenters. The van der Waals surface area contributed by atoms with Gasteiger partial charge in [0, 0.05) is 23.4 Å². The number of hydrogen-bond acceptors (Lipinski definition) is 3. The Hall–Kier alpha value is -0.410. The summed E-state index contributed by atoms with van der Waals surface area (Å²) in [7, 11) is 0. The third-order valence-corrected chi connectivity index (χ3v) is 7.33. The summed E-state index contributed by atoms with van der Waals surface area (Å²) < 4.78 is 0. The fraction of sp³-hybridized carbons (Fsp3) is 0.824. The summed E-state index contributed by atoms with van der Waals surface area (Å²) in [4.78, 5) is 5.06. The third-order valence-electron chi connectivity index (χ3n) is 6.19. The number of hydrogen-bond donors (Lipinski definition) is 1. The van der Waals surface area contributed by atoms with Crippen molar-refractivity contribution in [2.45, 2.75) is 69.4 Å². The van der Waals surface area contributed by atoms with E-state index in [1.54, 1.807) is 0 Å². The van der Waals surface area contributed by atoms with Crippen molar-refractivity contribution in [3.05, 3.63) is 16.1 Å². The quantitative estimate of drug-likeness (QED) is 0.910. The van der Waals surface area contributed by atoms with Crippen LogP contribution in [-0.2, 0) is 12.0 Å². The minimum atomic E-state index is 0.497. The maximum atomic E-state index is 5.06. The first kappa shape index (κ1) is 12.2. The van der Waals surface area contributed by atoms with Crippen molar-refractivity contribution in [3.8, 4) is 0 Å². The lowest BCUT2D eigenvalue weighted by Gasteiger charge is -2.56. The molecule has 3 heteroatoms. The van der Waals surface area contributed by atoms with Gasteiger partial charge in [-0.15, -0.1) is 11.3 Å². The summed E-state index contributed by atoms with van der Waals surface area (Å²) in [5, 5.41) is 7.42. The van der Waals surface area contributed by atoms with Gasteiger partial charge in [-0.05, 0) is 69.1 Å². The van der Waals surface area contributed by atoms with Gasteiger partial charge in [0.05, 0.1) is 10.7 Å². The van der Waals surface area contributed by atoms with Gasteiger partial charge in [0.1, 0.15) is 0 Å². The van der Waals surface area contributed by atoms with Crippen LogP contribution in [0.4, 0.5) is 0 Å². The molecule has 0 amide bonds. The molecule has 6 rings (SSSR count). The number of rotatable bonds is 4. The summed E-state index contributed by atoms with van der Waals surface area (Å²) in [6.07, 6.45) is 11.7. The monoisotopic (exact) mass is 288 g/mol. The molecule has 5 aliphatic carbocycles. The maximum absolute atomic E-state index is 5.06. The standard InChI is InChI=1S/C17H24N2S/c1-2-14(1)18-9-15-10-20-16(19-15)17-6-11-3-12(7-17)5-13(4-11)8-17/h10-14,18H,1-9H2. The van der Waals surface area contributed by atoms with Gasteiger partial charge in [-0.1, -0.05) is 0 Å². The van der Waals surface area contributed by atoms with Gasteiger partial charge < -0.3 is 5.32 Å². The molecule has 0 saturated heterocycles. The van der Waals surface area contributed by atoms with E-state index in [-0.39, 0.29) is 0 Å². The average Bonchev–Trinajstić information content (AvgIpc) is 3.11. The molecule has 108 valence electrons. The second-order valence-corrected chi connectivity index (χ2v) is 8.86. The van der Waals surface area contributed by atoms with E-state index in [0.717, 1.165) is 30.3 Å². The number of thiazole rings is 1. The molecule has 5 saturated carbocycles. The number of nitrogens with one attached hydrogen (secondary N) is 1. The summed E-state index contributed by atoms with van der Waals surface area (Å²) in [5.74, 6) is 3.08. The molecule has 1 heterocycles. The highest BCUT2D eigenvalue weighted by Crippen LogP contribution is 2.61. The highest BCUT2D eigenvalue weighted by Gasteiger charge is 2.52. The molecule has 4 bridgehead atoms. The molecule has 5 aliphatic rings. The Labute approximate surface area is 125 Å². The van der Waals surface area contributed by atoms with Gasteiger partial charge in [-0.25, -0.2) is 4.98 Å². The summed E-state index contributed by atoms with van der Waals surface area (Å²) in [6.45, 7) is 0.994.